The van der Waals surface area contributed by atoms with Crippen LogP contribution in [-0.2, 0) is 4.79 Å². The number of hydrogen-bond donors (Lipinski definition) is 1. The van der Waals surface area contributed by atoms with E-state index in [4.69, 9.17) is 0 Å². The highest BCUT2D eigenvalue weighted by Gasteiger charge is 2.36. The van der Waals surface area contributed by atoms with Crippen molar-refractivity contribution in [1.82, 2.24) is 15.1 Å². The van der Waals surface area contributed by atoms with Gasteiger partial charge in [-0.25, -0.2) is 0 Å². The van der Waals surface area contributed by atoms with E-state index in [1.165, 1.54) is 4.90 Å². The van der Waals surface area contributed by atoms with E-state index in [0.29, 0.717) is 38.6 Å². The Bertz CT molecular complexity index is 332. The van der Waals surface area contributed by atoms with Crippen molar-refractivity contribution in [1.29, 1.82) is 0 Å². The monoisotopic (exact) mass is 315 g/mol. The minimum Gasteiger partial charge on any atom is -0.340 e. The van der Waals surface area contributed by atoms with Crippen molar-refractivity contribution in [2.75, 3.05) is 45.8 Å². The Balaban J connectivity index is 0.00000200. The summed E-state index contributed by atoms with van der Waals surface area (Å²) in [6.45, 7) is 4.09. The molecule has 2 fully saturated rings. The molecule has 118 valence electrons. The Morgan fingerprint density at radius 1 is 1.20 bits per heavy atom. The van der Waals surface area contributed by atoms with Crippen molar-refractivity contribution in [3.63, 3.8) is 0 Å². The molecule has 0 saturated carbocycles. The molecule has 4 nitrogen and oxygen atoms in total. The first-order chi connectivity index (χ1) is 8.87. The number of rotatable bonds is 2. The third-order valence-electron chi connectivity index (χ3n) is 3.92. The maximum Gasteiger partial charge on any atom is 0.401 e. The predicted molar refractivity (Wildman–Crippen MR) is 71.8 cm³/mol. The largest absolute Gasteiger partial charge is 0.401 e. The van der Waals surface area contributed by atoms with E-state index in [0.717, 1.165) is 6.54 Å². The SMILES string of the molecule is C[C@@H]1CNC[C@H]1C(=O)N1CCN(CC(F)(F)F)CC1.Cl. The van der Waals surface area contributed by atoms with Gasteiger partial charge in [-0.15, -0.1) is 12.4 Å². The summed E-state index contributed by atoms with van der Waals surface area (Å²) in [6, 6.07) is 0. The standard InChI is InChI=1S/C12H20F3N3O.ClH/c1-9-6-16-7-10(9)11(19)18-4-2-17(3-5-18)8-12(13,14)15;/h9-10,16H,2-8H2,1H3;1H/t9-,10-;/m1./s1. The maximum absolute atomic E-state index is 12.3. The lowest BCUT2D eigenvalue weighted by atomic mass is 9.96. The summed E-state index contributed by atoms with van der Waals surface area (Å²) in [7, 11) is 0. The van der Waals surface area contributed by atoms with Crippen molar-refractivity contribution in [2.24, 2.45) is 11.8 Å². The zero-order valence-electron chi connectivity index (χ0n) is 11.4. The molecule has 1 N–H and O–H groups in total. The maximum atomic E-state index is 12.3. The van der Waals surface area contributed by atoms with Crippen molar-refractivity contribution >= 4 is 18.3 Å². The zero-order valence-corrected chi connectivity index (χ0v) is 12.3. The van der Waals surface area contributed by atoms with Crippen LogP contribution in [0.3, 0.4) is 0 Å². The van der Waals surface area contributed by atoms with Gasteiger partial charge in [0.2, 0.25) is 5.91 Å². The van der Waals surface area contributed by atoms with Gasteiger partial charge in [0.25, 0.3) is 0 Å². The molecule has 0 radical (unpaired) electrons. The summed E-state index contributed by atoms with van der Waals surface area (Å²) >= 11 is 0. The second kappa shape index (κ2) is 6.95. The third-order valence-corrected chi connectivity index (χ3v) is 3.92. The van der Waals surface area contributed by atoms with Crippen molar-refractivity contribution < 1.29 is 18.0 Å². The quantitative estimate of drug-likeness (QED) is 0.825. The molecule has 2 aliphatic rings. The molecule has 0 spiro atoms. The first-order valence-electron chi connectivity index (χ1n) is 6.65. The molecule has 2 aliphatic heterocycles. The Morgan fingerprint density at radius 3 is 2.25 bits per heavy atom. The van der Waals surface area contributed by atoms with Gasteiger partial charge in [-0.1, -0.05) is 6.92 Å². The Labute approximate surface area is 123 Å². The highest BCUT2D eigenvalue weighted by Crippen LogP contribution is 2.21. The summed E-state index contributed by atoms with van der Waals surface area (Å²) in [6.07, 6.45) is -4.16. The number of alkyl halides is 3. The molecule has 2 atom stereocenters. The number of carbonyl (C=O) groups excluding carboxylic acids is 1. The smallest absolute Gasteiger partial charge is 0.340 e. The highest BCUT2D eigenvalue weighted by atomic mass is 35.5. The molecular formula is C12H21ClF3N3O. The fraction of sp³-hybridized carbons (Fsp3) is 0.917. The molecular weight excluding hydrogens is 295 g/mol. The van der Waals surface area contributed by atoms with E-state index in [2.05, 4.69) is 5.32 Å². The summed E-state index contributed by atoms with van der Waals surface area (Å²) in [4.78, 5) is 15.3. The highest BCUT2D eigenvalue weighted by molar-refractivity contribution is 5.85. The predicted octanol–water partition coefficient (Wildman–Crippen LogP) is 0.970. The van der Waals surface area contributed by atoms with E-state index >= 15 is 0 Å². The molecule has 0 bridgehead atoms. The van der Waals surface area contributed by atoms with Crippen LogP contribution in [0, 0.1) is 11.8 Å². The minimum atomic E-state index is -4.16. The first-order valence-corrected chi connectivity index (χ1v) is 6.65. The Morgan fingerprint density at radius 2 is 1.80 bits per heavy atom. The number of nitrogens with zero attached hydrogens (tertiary/aromatic N) is 2. The van der Waals surface area contributed by atoms with Gasteiger partial charge >= 0.3 is 6.18 Å². The molecule has 0 aliphatic carbocycles. The second-order valence-corrected chi connectivity index (χ2v) is 5.46. The average molecular weight is 316 g/mol. The lowest BCUT2D eigenvalue weighted by Crippen LogP contribution is -2.52. The second-order valence-electron chi connectivity index (χ2n) is 5.46. The molecule has 2 saturated heterocycles. The van der Waals surface area contributed by atoms with Crippen LogP contribution in [0.1, 0.15) is 6.92 Å². The van der Waals surface area contributed by atoms with Gasteiger partial charge in [-0.2, -0.15) is 13.2 Å². The molecule has 0 aromatic rings. The molecule has 2 heterocycles. The summed E-state index contributed by atoms with van der Waals surface area (Å²) in [5.74, 6) is 0.374. The van der Waals surface area contributed by atoms with E-state index in [9.17, 15) is 18.0 Å². The molecule has 2 rings (SSSR count). The van der Waals surface area contributed by atoms with Crippen LogP contribution < -0.4 is 5.32 Å². The van der Waals surface area contributed by atoms with Gasteiger partial charge < -0.3 is 10.2 Å². The summed E-state index contributed by atoms with van der Waals surface area (Å²) < 4.78 is 36.8. The van der Waals surface area contributed by atoms with Crippen LogP contribution in [0.25, 0.3) is 0 Å². The zero-order chi connectivity index (χ0) is 14.0. The van der Waals surface area contributed by atoms with Gasteiger partial charge in [0, 0.05) is 32.7 Å². The van der Waals surface area contributed by atoms with Gasteiger partial charge in [-0.05, 0) is 12.5 Å². The molecule has 1 amide bonds. The lowest BCUT2D eigenvalue weighted by Gasteiger charge is -2.36. The van der Waals surface area contributed by atoms with Crippen LogP contribution in [0.4, 0.5) is 13.2 Å². The van der Waals surface area contributed by atoms with E-state index in [-0.39, 0.29) is 24.2 Å². The summed E-state index contributed by atoms with van der Waals surface area (Å²) in [5.41, 5.74) is 0. The van der Waals surface area contributed by atoms with Crippen LogP contribution in [0.2, 0.25) is 0 Å². The van der Waals surface area contributed by atoms with Crippen LogP contribution in [-0.4, -0.2) is 67.7 Å². The number of halogens is 4. The topological polar surface area (TPSA) is 35.6 Å². The minimum absolute atomic E-state index is 0. The number of hydrogen-bond acceptors (Lipinski definition) is 3. The van der Waals surface area contributed by atoms with E-state index < -0.39 is 12.7 Å². The average Bonchev–Trinajstić information content (AvgIpc) is 2.73. The normalized spacial score (nSPS) is 28.3. The Kier molecular flexibility index (Phi) is 6.09. The fourth-order valence-electron chi connectivity index (χ4n) is 2.76. The van der Waals surface area contributed by atoms with Crippen molar-refractivity contribution in [3.05, 3.63) is 0 Å². The number of carbonyl (C=O) groups is 1. The molecule has 0 unspecified atom stereocenters. The third kappa shape index (κ3) is 4.49. The van der Waals surface area contributed by atoms with Gasteiger partial charge in [0.15, 0.2) is 0 Å². The van der Waals surface area contributed by atoms with Crippen LogP contribution in [0.15, 0.2) is 0 Å². The van der Waals surface area contributed by atoms with Gasteiger partial charge in [-0.3, -0.25) is 9.69 Å². The molecule has 0 aromatic heterocycles. The number of nitrogens with one attached hydrogen (secondary N) is 1. The van der Waals surface area contributed by atoms with E-state index in [1.807, 2.05) is 6.92 Å². The van der Waals surface area contributed by atoms with Crippen LogP contribution >= 0.6 is 12.4 Å². The van der Waals surface area contributed by atoms with Crippen molar-refractivity contribution in [2.45, 2.75) is 13.1 Å². The number of amides is 1. The molecule has 8 heteroatoms. The van der Waals surface area contributed by atoms with E-state index in [1.54, 1.807) is 4.90 Å². The Hall–Kier alpha value is -0.530. The van der Waals surface area contributed by atoms with Crippen molar-refractivity contribution in [3.8, 4) is 0 Å². The molecule has 20 heavy (non-hydrogen) atoms. The summed E-state index contributed by atoms with van der Waals surface area (Å²) in [5, 5.41) is 3.18. The van der Waals surface area contributed by atoms with Crippen LogP contribution in [0.5, 0.6) is 0 Å². The van der Waals surface area contributed by atoms with Gasteiger partial charge in [0.1, 0.15) is 0 Å². The van der Waals surface area contributed by atoms with Gasteiger partial charge in [0.05, 0.1) is 12.5 Å². The lowest BCUT2D eigenvalue weighted by molar-refractivity contribution is -0.152. The first kappa shape index (κ1) is 17.5. The number of piperazine rings is 1. The fourth-order valence-corrected chi connectivity index (χ4v) is 2.76. The molecule has 0 aromatic carbocycles.